The Kier molecular flexibility index (Phi) is 7.01. The molecule has 0 amide bonds. The van der Waals surface area contributed by atoms with E-state index in [-0.39, 0.29) is 22.4 Å². The summed E-state index contributed by atoms with van der Waals surface area (Å²) in [4.78, 5) is 0. The van der Waals surface area contributed by atoms with Gasteiger partial charge in [0.05, 0.1) is 35.6 Å². The lowest BCUT2D eigenvalue weighted by atomic mass is 9.80. The molecule has 0 radical (unpaired) electrons. The smallest absolute Gasteiger partial charge is 0.0923 e. The van der Waals surface area contributed by atoms with Crippen molar-refractivity contribution in [2.45, 2.75) is 128 Å². The lowest BCUT2D eigenvalue weighted by Gasteiger charge is -2.48. The summed E-state index contributed by atoms with van der Waals surface area (Å²) >= 11 is 0. The van der Waals surface area contributed by atoms with Gasteiger partial charge in [0.15, 0.2) is 0 Å². The SMILES string of the molecule is CC(C)(C)OCC1(OC2(COC(C)(C)C)CCCCC2)CCCCC1. The van der Waals surface area contributed by atoms with E-state index in [2.05, 4.69) is 41.5 Å². The molecule has 0 saturated heterocycles. The summed E-state index contributed by atoms with van der Waals surface area (Å²) in [6.45, 7) is 14.3. The van der Waals surface area contributed by atoms with Crippen LogP contribution < -0.4 is 0 Å². The molecule has 2 rings (SSSR count). The third-order valence-electron chi connectivity index (χ3n) is 5.50. The van der Waals surface area contributed by atoms with E-state index in [9.17, 15) is 0 Å². The van der Waals surface area contributed by atoms with Gasteiger partial charge in [-0.2, -0.15) is 0 Å². The van der Waals surface area contributed by atoms with Gasteiger partial charge in [0, 0.05) is 0 Å². The third-order valence-corrected chi connectivity index (χ3v) is 5.50. The van der Waals surface area contributed by atoms with Gasteiger partial charge in [0.25, 0.3) is 0 Å². The van der Waals surface area contributed by atoms with Crippen LogP contribution in [0.2, 0.25) is 0 Å². The second-order valence-corrected chi connectivity index (χ2v) is 10.4. The number of hydrogen-bond donors (Lipinski definition) is 0. The van der Waals surface area contributed by atoms with Crippen LogP contribution in [0.1, 0.15) is 106 Å². The maximum atomic E-state index is 7.05. The number of rotatable bonds is 6. The molecular formula is C22H42O3. The molecule has 148 valence electrons. The first-order valence-electron chi connectivity index (χ1n) is 10.5. The summed E-state index contributed by atoms with van der Waals surface area (Å²) in [7, 11) is 0. The highest BCUT2D eigenvalue weighted by Crippen LogP contribution is 2.42. The van der Waals surface area contributed by atoms with Crippen LogP contribution in [-0.2, 0) is 14.2 Å². The van der Waals surface area contributed by atoms with Gasteiger partial charge in [-0.1, -0.05) is 38.5 Å². The van der Waals surface area contributed by atoms with Crippen molar-refractivity contribution in [1.82, 2.24) is 0 Å². The second kappa shape index (κ2) is 8.27. The van der Waals surface area contributed by atoms with Gasteiger partial charge < -0.3 is 14.2 Å². The molecule has 3 nitrogen and oxygen atoms in total. The molecule has 0 atom stereocenters. The average Bonchev–Trinajstić information content (AvgIpc) is 2.52. The van der Waals surface area contributed by atoms with Crippen LogP contribution in [0.3, 0.4) is 0 Å². The first-order chi connectivity index (χ1) is 11.5. The fraction of sp³-hybridized carbons (Fsp3) is 1.00. The number of ether oxygens (including phenoxy) is 3. The summed E-state index contributed by atoms with van der Waals surface area (Å²) in [6.07, 6.45) is 12.2. The summed E-state index contributed by atoms with van der Waals surface area (Å²) in [6, 6.07) is 0. The minimum atomic E-state index is -0.121. The Morgan fingerprint density at radius 2 is 0.880 bits per heavy atom. The van der Waals surface area contributed by atoms with E-state index in [1.165, 1.54) is 38.5 Å². The third kappa shape index (κ3) is 7.19. The number of hydrogen-bond acceptors (Lipinski definition) is 3. The normalized spacial score (nSPS) is 24.2. The summed E-state index contributed by atoms with van der Waals surface area (Å²) in [5.74, 6) is 0. The van der Waals surface area contributed by atoms with Gasteiger partial charge in [0.1, 0.15) is 0 Å². The van der Waals surface area contributed by atoms with E-state index in [0.29, 0.717) is 13.2 Å². The molecule has 2 aliphatic rings. The van der Waals surface area contributed by atoms with Gasteiger partial charge in [0.2, 0.25) is 0 Å². The maximum absolute atomic E-state index is 7.05. The molecule has 0 spiro atoms. The molecule has 0 N–H and O–H groups in total. The predicted molar refractivity (Wildman–Crippen MR) is 104 cm³/mol. The maximum Gasteiger partial charge on any atom is 0.0923 e. The Bertz CT molecular complexity index is 352. The zero-order valence-corrected chi connectivity index (χ0v) is 17.7. The van der Waals surface area contributed by atoms with Crippen molar-refractivity contribution in [2.24, 2.45) is 0 Å². The highest BCUT2D eigenvalue weighted by atomic mass is 16.6. The van der Waals surface area contributed by atoms with Crippen molar-refractivity contribution in [3.8, 4) is 0 Å². The predicted octanol–water partition coefficient (Wildman–Crippen LogP) is 6.04. The first kappa shape index (κ1) is 21.2. The van der Waals surface area contributed by atoms with E-state index in [4.69, 9.17) is 14.2 Å². The fourth-order valence-electron chi connectivity index (χ4n) is 4.10. The molecule has 3 heteroatoms. The fourth-order valence-corrected chi connectivity index (χ4v) is 4.10. The standard InChI is InChI=1S/C22H42O3/c1-19(2,3)23-17-21(13-9-7-10-14-21)25-22(15-11-8-12-16-22)18-24-20(4,5)6/h7-18H2,1-6H3. The van der Waals surface area contributed by atoms with Crippen molar-refractivity contribution < 1.29 is 14.2 Å². The van der Waals surface area contributed by atoms with Crippen molar-refractivity contribution in [3.63, 3.8) is 0 Å². The van der Waals surface area contributed by atoms with Gasteiger partial charge >= 0.3 is 0 Å². The molecule has 0 unspecified atom stereocenters. The van der Waals surface area contributed by atoms with Gasteiger partial charge in [-0.25, -0.2) is 0 Å². The molecule has 2 saturated carbocycles. The van der Waals surface area contributed by atoms with Crippen LogP contribution in [0.15, 0.2) is 0 Å². The Morgan fingerprint density at radius 3 is 1.16 bits per heavy atom. The molecule has 2 aliphatic carbocycles. The highest BCUT2D eigenvalue weighted by Gasteiger charge is 2.44. The molecule has 2 fully saturated rings. The Labute approximate surface area is 156 Å². The molecule has 25 heavy (non-hydrogen) atoms. The molecule has 0 aliphatic heterocycles. The van der Waals surface area contributed by atoms with Gasteiger partial charge in [-0.15, -0.1) is 0 Å². The van der Waals surface area contributed by atoms with Gasteiger partial charge in [-0.05, 0) is 67.2 Å². The van der Waals surface area contributed by atoms with Crippen molar-refractivity contribution >= 4 is 0 Å². The van der Waals surface area contributed by atoms with Crippen LogP contribution in [0.25, 0.3) is 0 Å². The Hall–Kier alpha value is -0.120. The van der Waals surface area contributed by atoms with E-state index in [1.807, 2.05) is 0 Å². The Balaban J connectivity index is 2.13. The first-order valence-corrected chi connectivity index (χ1v) is 10.5. The van der Waals surface area contributed by atoms with Crippen LogP contribution in [0, 0.1) is 0 Å². The van der Waals surface area contributed by atoms with E-state index in [0.717, 1.165) is 25.7 Å². The quantitative estimate of drug-likeness (QED) is 0.582. The van der Waals surface area contributed by atoms with E-state index < -0.39 is 0 Å². The van der Waals surface area contributed by atoms with E-state index in [1.54, 1.807) is 0 Å². The summed E-state index contributed by atoms with van der Waals surface area (Å²) < 4.78 is 19.5. The molecular weight excluding hydrogens is 312 g/mol. The highest BCUT2D eigenvalue weighted by molar-refractivity contribution is 4.94. The monoisotopic (exact) mass is 354 g/mol. The van der Waals surface area contributed by atoms with Crippen molar-refractivity contribution in [2.75, 3.05) is 13.2 Å². The molecule has 0 aromatic rings. The van der Waals surface area contributed by atoms with Crippen molar-refractivity contribution in [1.29, 1.82) is 0 Å². The van der Waals surface area contributed by atoms with Crippen LogP contribution in [-0.4, -0.2) is 35.6 Å². The van der Waals surface area contributed by atoms with Crippen molar-refractivity contribution in [3.05, 3.63) is 0 Å². The molecule has 0 bridgehead atoms. The topological polar surface area (TPSA) is 27.7 Å². The van der Waals surface area contributed by atoms with Gasteiger partial charge in [-0.3, -0.25) is 0 Å². The zero-order valence-electron chi connectivity index (χ0n) is 17.7. The van der Waals surface area contributed by atoms with Crippen LogP contribution in [0.4, 0.5) is 0 Å². The molecule has 0 aromatic heterocycles. The Morgan fingerprint density at radius 1 is 0.560 bits per heavy atom. The lowest BCUT2D eigenvalue weighted by Crippen LogP contribution is -2.53. The van der Waals surface area contributed by atoms with E-state index >= 15 is 0 Å². The zero-order chi connectivity index (χ0) is 18.6. The molecule has 0 aromatic carbocycles. The molecule has 0 heterocycles. The summed E-state index contributed by atoms with van der Waals surface area (Å²) in [5, 5.41) is 0. The lowest BCUT2D eigenvalue weighted by molar-refractivity contribution is -0.241. The minimum absolute atomic E-state index is 0.116. The second-order valence-electron chi connectivity index (χ2n) is 10.4. The summed E-state index contributed by atoms with van der Waals surface area (Å²) in [5.41, 5.74) is -0.473. The average molecular weight is 355 g/mol. The minimum Gasteiger partial charge on any atom is -0.373 e. The van der Waals surface area contributed by atoms with Crippen LogP contribution >= 0.6 is 0 Å². The largest absolute Gasteiger partial charge is 0.373 e. The van der Waals surface area contributed by atoms with Crippen LogP contribution in [0.5, 0.6) is 0 Å².